The topological polar surface area (TPSA) is 84.5 Å². The molecule has 2 rings (SSSR count). The summed E-state index contributed by atoms with van der Waals surface area (Å²) in [5, 5.41) is 2.81. The molecule has 2 aromatic carbocycles. The number of hydrogen-bond acceptors (Lipinski definition) is 4. The lowest BCUT2D eigenvalue weighted by atomic mass is 10.2. The molecule has 0 bridgehead atoms. The second-order valence-electron chi connectivity index (χ2n) is 6.60. The van der Waals surface area contributed by atoms with Crippen molar-refractivity contribution in [3.05, 3.63) is 65.7 Å². The molecule has 28 heavy (non-hydrogen) atoms. The Kier molecular flexibility index (Phi) is 8.63. The van der Waals surface area contributed by atoms with E-state index in [2.05, 4.69) is 10.0 Å². The molecule has 0 aliphatic carbocycles. The van der Waals surface area contributed by atoms with Crippen LogP contribution in [0.15, 0.2) is 59.5 Å². The number of hydrogen-bond donors (Lipinski definition) is 2. The fourth-order valence-corrected chi connectivity index (χ4v) is 3.77. The molecule has 6 nitrogen and oxygen atoms in total. The first-order chi connectivity index (χ1) is 13.4. The zero-order valence-electron chi connectivity index (χ0n) is 16.4. The fraction of sp³-hybridized carbons (Fsp3) is 0.381. The smallest absolute Gasteiger partial charge is 0.251 e. The van der Waals surface area contributed by atoms with Crippen LogP contribution in [0.3, 0.4) is 0 Å². The van der Waals surface area contributed by atoms with Gasteiger partial charge in [-0.05, 0) is 49.6 Å². The highest BCUT2D eigenvalue weighted by Gasteiger charge is 2.17. The summed E-state index contributed by atoms with van der Waals surface area (Å²) in [5.74, 6) is -0.234. The van der Waals surface area contributed by atoms with Crippen molar-refractivity contribution in [2.24, 2.45) is 0 Å². The molecule has 2 N–H and O–H groups in total. The van der Waals surface area contributed by atoms with Crippen molar-refractivity contribution in [2.75, 3.05) is 13.2 Å². The van der Waals surface area contributed by atoms with Crippen LogP contribution in [-0.2, 0) is 21.4 Å². The quantitative estimate of drug-likeness (QED) is 0.564. The molecule has 152 valence electrons. The zero-order chi connectivity index (χ0) is 20.4. The van der Waals surface area contributed by atoms with Crippen molar-refractivity contribution in [3.8, 4) is 0 Å². The Morgan fingerprint density at radius 2 is 1.75 bits per heavy atom. The van der Waals surface area contributed by atoms with Gasteiger partial charge in [-0.25, -0.2) is 13.1 Å². The Balaban J connectivity index is 1.74. The molecular formula is C21H28N2O4S. The predicted octanol–water partition coefficient (Wildman–Crippen LogP) is 3.10. The molecule has 0 saturated carbocycles. The summed E-state index contributed by atoms with van der Waals surface area (Å²) < 4.78 is 32.6. The summed E-state index contributed by atoms with van der Waals surface area (Å²) in [5.41, 5.74) is 1.54. The molecule has 0 aliphatic heterocycles. The molecule has 0 spiro atoms. The number of sulfonamides is 1. The lowest BCUT2D eigenvalue weighted by Gasteiger charge is -2.12. The van der Waals surface area contributed by atoms with Gasteiger partial charge in [0, 0.05) is 24.8 Å². The van der Waals surface area contributed by atoms with Gasteiger partial charge in [0.05, 0.1) is 11.5 Å². The van der Waals surface area contributed by atoms with Crippen LogP contribution in [0.25, 0.3) is 0 Å². The molecule has 0 aromatic heterocycles. The van der Waals surface area contributed by atoms with E-state index in [9.17, 15) is 13.2 Å². The zero-order valence-corrected chi connectivity index (χ0v) is 17.2. The first-order valence-electron chi connectivity index (χ1n) is 9.44. The number of benzene rings is 2. The summed E-state index contributed by atoms with van der Waals surface area (Å²) in [7, 11) is -3.56. The fourth-order valence-electron chi connectivity index (χ4n) is 2.44. The number of carbonyl (C=O) groups excluding carboxylic acids is 1. The van der Waals surface area contributed by atoms with Gasteiger partial charge in [-0.15, -0.1) is 0 Å². The van der Waals surface area contributed by atoms with E-state index in [4.69, 9.17) is 4.74 Å². The van der Waals surface area contributed by atoms with Gasteiger partial charge in [0.25, 0.3) is 5.91 Å². The Labute approximate surface area is 167 Å². The van der Waals surface area contributed by atoms with Gasteiger partial charge in [-0.1, -0.05) is 37.3 Å². The minimum Gasteiger partial charge on any atom is -0.377 e. The van der Waals surface area contributed by atoms with Crippen LogP contribution < -0.4 is 10.0 Å². The highest BCUT2D eigenvalue weighted by atomic mass is 32.2. The normalized spacial score (nSPS) is 12.5. The Morgan fingerprint density at radius 3 is 2.39 bits per heavy atom. The van der Waals surface area contributed by atoms with Crippen LogP contribution in [-0.4, -0.2) is 33.5 Å². The van der Waals surface area contributed by atoms with Gasteiger partial charge in [0.2, 0.25) is 10.0 Å². The summed E-state index contributed by atoms with van der Waals surface area (Å²) >= 11 is 0. The Hall–Kier alpha value is -2.22. The maximum absolute atomic E-state index is 12.2. The third-order valence-electron chi connectivity index (χ3n) is 4.26. The highest BCUT2D eigenvalue weighted by Crippen LogP contribution is 2.12. The summed E-state index contributed by atoms with van der Waals surface area (Å²) in [4.78, 5) is 12.3. The predicted molar refractivity (Wildman–Crippen MR) is 110 cm³/mol. The molecule has 0 saturated heterocycles. The van der Waals surface area contributed by atoms with Gasteiger partial charge < -0.3 is 10.1 Å². The van der Waals surface area contributed by atoms with Gasteiger partial charge in [0.1, 0.15) is 0 Å². The van der Waals surface area contributed by atoms with Crippen LogP contribution in [0.5, 0.6) is 0 Å². The molecule has 1 atom stereocenters. The van der Waals surface area contributed by atoms with Crippen molar-refractivity contribution in [3.63, 3.8) is 0 Å². The van der Waals surface area contributed by atoms with Gasteiger partial charge in [-0.3, -0.25) is 4.79 Å². The minimum absolute atomic E-state index is 0.142. The summed E-state index contributed by atoms with van der Waals surface area (Å²) in [6, 6.07) is 15.7. The molecular weight excluding hydrogens is 376 g/mol. The van der Waals surface area contributed by atoms with Crippen molar-refractivity contribution < 1.29 is 17.9 Å². The molecule has 0 heterocycles. The standard InChI is InChI=1S/C21H28N2O4S/c1-3-17(2)23-28(25,26)20-12-10-19(11-13-20)21(24)22-14-7-15-27-16-18-8-5-4-6-9-18/h4-6,8-13,17,23H,3,7,14-16H2,1-2H3,(H,22,24). The largest absolute Gasteiger partial charge is 0.377 e. The van der Waals surface area contributed by atoms with Crippen LogP contribution in [0.4, 0.5) is 0 Å². The lowest BCUT2D eigenvalue weighted by molar-refractivity contribution is 0.0934. The first kappa shape index (κ1) is 22.1. The average Bonchev–Trinajstić information content (AvgIpc) is 2.71. The van der Waals surface area contributed by atoms with Crippen molar-refractivity contribution in [1.82, 2.24) is 10.0 Å². The maximum atomic E-state index is 12.2. The van der Waals surface area contributed by atoms with E-state index in [-0.39, 0.29) is 16.8 Å². The van der Waals surface area contributed by atoms with Crippen LogP contribution >= 0.6 is 0 Å². The van der Waals surface area contributed by atoms with Crippen molar-refractivity contribution >= 4 is 15.9 Å². The van der Waals surface area contributed by atoms with Crippen LogP contribution in [0.2, 0.25) is 0 Å². The minimum atomic E-state index is -3.56. The lowest BCUT2D eigenvalue weighted by Crippen LogP contribution is -2.32. The number of amides is 1. The third kappa shape index (κ3) is 7.07. The SMILES string of the molecule is CCC(C)NS(=O)(=O)c1ccc(C(=O)NCCCOCc2ccccc2)cc1. The van der Waals surface area contributed by atoms with Crippen LogP contribution in [0, 0.1) is 0 Å². The van der Waals surface area contributed by atoms with Crippen molar-refractivity contribution in [1.29, 1.82) is 0 Å². The molecule has 0 aliphatic rings. The maximum Gasteiger partial charge on any atom is 0.251 e. The monoisotopic (exact) mass is 404 g/mol. The van der Waals surface area contributed by atoms with Gasteiger partial charge in [0.15, 0.2) is 0 Å². The van der Waals surface area contributed by atoms with Crippen molar-refractivity contribution in [2.45, 2.75) is 44.2 Å². The molecule has 0 fully saturated rings. The number of carbonyl (C=O) groups is 1. The summed E-state index contributed by atoms with van der Waals surface area (Å²) in [6.45, 7) is 5.31. The first-order valence-corrected chi connectivity index (χ1v) is 10.9. The molecule has 7 heteroatoms. The number of nitrogens with one attached hydrogen (secondary N) is 2. The van der Waals surface area contributed by atoms with E-state index in [1.165, 1.54) is 24.3 Å². The third-order valence-corrected chi connectivity index (χ3v) is 5.86. The van der Waals surface area contributed by atoms with Gasteiger partial charge >= 0.3 is 0 Å². The van der Waals surface area contributed by atoms with E-state index < -0.39 is 10.0 Å². The van der Waals surface area contributed by atoms with E-state index in [0.717, 1.165) is 5.56 Å². The molecule has 0 radical (unpaired) electrons. The number of rotatable bonds is 11. The second-order valence-corrected chi connectivity index (χ2v) is 8.32. The molecule has 1 unspecified atom stereocenters. The average molecular weight is 405 g/mol. The number of ether oxygens (including phenoxy) is 1. The molecule has 2 aromatic rings. The van der Waals surface area contributed by atoms with E-state index >= 15 is 0 Å². The Morgan fingerprint density at radius 1 is 1.07 bits per heavy atom. The van der Waals surface area contributed by atoms with E-state index in [0.29, 0.717) is 38.2 Å². The Bertz CT molecular complexity index is 836. The molecule has 1 amide bonds. The van der Waals surface area contributed by atoms with Gasteiger partial charge in [-0.2, -0.15) is 0 Å². The second kappa shape index (κ2) is 10.9. The van der Waals surface area contributed by atoms with Crippen LogP contribution in [0.1, 0.15) is 42.6 Å². The van der Waals surface area contributed by atoms with E-state index in [1.807, 2.05) is 44.2 Å². The highest BCUT2D eigenvalue weighted by molar-refractivity contribution is 7.89. The van der Waals surface area contributed by atoms with E-state index in [1.54, 1.807) is 0 Å². The summed E-state index contributed by atoms with van der Waals surface area (Å²) in [6.07, 6.45) is 1.40.